The lowest BCUT2D eigenvalue weighted by Crippen LogP contribution is -1.94. The SMILES string of the molecule is COc1cc(C)ccc1SCCCCC(=O)O. The van der Waals surface area contributed by atoms with Crippen molar-refractivity contribution in [3.63, 3.8) is 0 Å². The molecule has 1 aromatic rings. The van der Waals surface area contributed by atoms with Crippen molar-refractivity contribution < 1.29 is 14.6 Å². The Morgan fingerprint density at radius 1 is 1.41 bits per heavy atom. The number of hydrogen-bond donors (Lipinski definition) is 1. The van der Waals surface area contributed by atoms with E-state index in [9.17, 15) is 4.79 Å². The smallest absolute Gasteiger partial charge is 0.303 e. The molecule has 0 saturated heterocycles. The third-order valence-corrected chi connectivity index (χ3v) is 3.50. The lowest BCUT2D eigenvalue weighted by Gasteiger charge is -2.08. The summed E-state index contributed by atoms with van der Waals surface area (Å²) in [5, 5.41) is 8.52. The van der Waals surface area contributed by atoms with Crippen LogP contribution in [0.5, 0.6) is 5.75 Å². The summed E-state index contributed by atoms with van der Waals surface area (Å²) >= 11 is 1.71. The molecule has 0 saturated carbocycles. The summed E-state index contributed by atoms with van der Waals surface area (Å²) in [5.74, 6) is 1.10. The van der Waals surface area contributed by atoms with E-state index in [-0.39, 0.29) is 6.42 Å². The summed E-state index contributed by atoms with van der Waals surface area (Å²) in [6, 6.07) is 6.12. The maximum atomic E-state index is 10.3. The number of aryl methyl sites for hydroxylation is 1. The standard InChI is InChI=1S/C13H18O3S/c1-10-6-7-12(11(9-10)16-2)17-8-4-3-5-13(14)15/h6-7,9H,3-5,8H2,1-2H3,(H,14,15). The monoisotopic (exact) mass is 254 g/mol. The van der Waals surface area contributed by atoms with E-state index in [4.69, 9.17) is 9.84 Å². The fraction of sp³-hybridized carbons (Fsp3) is 0.462. The second-order valence-corrected chi connectivity index (χ2v) is 4.99. The highest BCUT2D eigenvalue weighted by Gasteiger charge is 2.04. The molecule has 0 unspecified atom stereocenters. The molecule has 0 aliphatic rings. The van der Waals surface area contributed by atoms with Gasteiger partial charge in [0.25, 0.3) is 0 Å². The third-order valence-electron chi connectivity index (χ3n) is 2.36. The van der Waals surface area contributed by atoms with Crippen LogP contribution in [0.25, 0.3) is 0 Å². The second-order valence-electron chi connectivity index (χ2n) is 3.85. The molecule has 0 spiro atoms. The normalized spacial score (nSPS) is 10.2. The van der Waals surface area contributed by atoms with Gasteiger partial charge in [-0.05, 0) is 43.2 Å². The molecule has 0 aromatic heterocycles. The van der Waals surface area contributed by atoms with Crippen LogP contribution < -0.4 is 4.74 Å². The van der Waals surface area contributed by atoms with E-state index in [0.717, 1.165) is 29.2 Å². The number of hydrogen-bond acceptors (Lipinski definition) is 3. The van der Waals surface area contributed by atoms with E-state index in [1.54, 1.807) is 18.9 Å². The molecule has 0 heterocycles. The van der Waals surface area contributed by atoms with Crippen molar-refractivity contribution >= 4 is 17.7 Å². The van der Waals surface area contributed by atoms with Crippen LogP contribution in [0.3, 0.4) is 0 Å². The fourth-order valence-electron chi connectivity index (χ4n) is 1.45. The average Bonchev–Trinajstić information content (AvgIpc) is 2.29. The number of benzene rings is 1. The first-order valence-electron chi connectivity index (χ1n) is 5.62. The molecule has 0 radical (unpaired) electrons. The molecule has 0 atom stereocenters. The lowest BCUT2D eigenvalue weighted by atomic mass is 10.2. The Labute approximate surface area is 106 Å². The third kappa shape index (κ3) is 5.13. The minimum atomic E-state index is -0.720. The van der Waals surface area contributed by atoms with Crippen LogP contribution in [0.4, 0.5) is 0 Å². The van der Waals surface area contributed by atoms with Gasteiger partial charge in [-0.25, -0.2) is 0 Å². The summed E-state index contributed by atoms with van der Waals surface area (Å²) in [6.07, 6.45) is 1.90. The quantitative estimate of drug-likeness (QED) is 0.598. The molecule has 1 N–H and O–H groups in total. The van der Waals surface area contributed by atoms with Crippen LogP contribution in [-0.2, 0) is 4.79 Å². The number of unbranched alkanes of at least 4 members (excludes halogenated alkanes) is 1. The van der Waals surface area contributed by atoms with Crippen molar-refractivity contribution in [2.75, 3.05) is 12.9 Å². The van der Waals surface area contributed by atoms with Gasteiger partial charge in [0.2, 0.25) is 0 Å². The first kappa shape index (κ1) is 13.9. The summed E-state index contributed by atoms with van der Waals surface area (Å²) in [5.41, 5.74) is 1.18. The number of thioether (sulfide) groups is 1. The van der Waals surface area contributed by atoms with Gasteiger partial charge in [0, 0.05) is 11.3 Å². The van der Waals surface area contributed by atoms with Gasteiger partial charge in [0.15, 0.2) is 0 Å². The number of carboxylic acid groups (broad SMARTS) is 1. The van der Waals surface area contributed by atoms with Gasteiger partial charge in [-0.15, -0.1) is 11.8 Å². The minimum absolute atomic E-state index is 0.256. The molecule has 0 bridgehead atoms. The van der Waals surface area contributed by atoms with Crippen LogP contribution in [0, 0.1) is 6.92 Å². The molecule has 94 valence electrons. The minimum Gasteiger partial charge on any atom is -0.496 e. The highest BCUT2D eigenvalue weighted by Crippen LogP contribution is 2.30. The van der Waals surface area contributed by atoms with Gasteiger partial charge >= 0.3 is 5.97 Å². The Bertz CT molecular complexity index is 377. The van der Waals surface area contributed by atoms with Crippen molar-refractivity contribution in [3.8, 4) is 5.75 Å². The number of rotatable bonds is 7. The van der Waals surface area contributed by atoms with Crippen molar-refractivity contribution in [1.82, 2.24) is 0 Å². The molecule has 0 aliphatic heterocycles. The highest BCUT2D eigenvalue weighted by atomic mass is 32.2. The van der Waals surface area contributed by atoms with Crippen LogP contribution in [0.2, 0.25) is 0 Å². The average molecular weight is 254 g/mol. The molecule has 17 heavy (non-hydrogen) atoms. The Morgan fingerprint density at radius 3 is 2.82 bits per heavy atom. The van der Waals surface area contributed by atoms with Crippen molar-refractivity contribution in [1.29, 1.82) is 0 Å². The topological polar surface area (TPSA) is 46.5 Å². The number of carbonyl (C=O) groups is 1. The molecule has 0 amide bonds. The molecule has 1 rings (SSSR count). The molecule has 4 heteroatoms. The molecule has 3 nitrogen and oxygen atoms in total. The van der Waals surface area contributed by atoms with Crippen molar-refractivity contribution in [2.45, 2.75) is 31.1 Å². The summed E-state index contributed by atoms with van der Waals surface area (Å²) in [6.45, 7) is 2.03. The second kappa shape index (κ2) is 7.22. The van der Waals surface area contributed by atoms with E-state index in [1.165, 1.54) is 5.56 Å². The lowest BCUT2D eigenvalue weighted by molar-refractivity contribution is -0.137. The van der Waals surface area contributed by atoms with Crippen LogP contribution >= 0.6 is 11.8 Å². The number of methoxy groups -OCH3 is 1. The highest BCUT2D eigenvalue weighted by molar-refractivity contribution is 7.99. The maximum Gasteiger partial charge on any atom is 0.303 e. The fourth-order valence-corrected chi connectivity index (χ4v) is 2.47. The van der Waals surface area contributed by atoms with E-state index in [2.05, 4.69) is 12.1 Å². The van der Waals surface area contributed by atoms with Gasteiger partial charge in [-0.1, -0.05) is 6.07 Å². The van der Waals surface area contributed by atoms with E-state index < -0.39 is 5.97 Å². The van der Waals surface area contributed by atoms with Gasteiger partial charge in [-0.2, -0.15) is 0 Å². The molecular weight excluding hydrogens is 236 g/mol. The predicted molar refractivity (Wildman–Crippen MR) is 69.9 cm³/mol. The Kier molecular flexibility index (Phi) is 5.91. The number of aliphatic carboxylic acids is 1. The summed E-state index contributed by atoms with van der Waals surface area (Å²) < 4.78 is 5.31. The first-order chi connectivity index (χ1) is 8.13. The van der Waals surface area contributed by atoms with Gasteiger partial charge in [0.1, 0.15) is 5.75 Å². The largest absolute Gasteiger partial charge is 0.496 e. The predicted octanol–water partition coefficient (Wildman–Crippen LogP) is 3.35. The van der Waals surface area contributed by atoms with E-state index >= 15 is 0 Å². The Morgan fingerprint density at radius 2 is 2.18 bits per heavy atom. The van der Waals surface area contributed by atoms with Crippen LogP contribution in [0.1, 0.15) is 24.8 Å². The maximum absolute atomic E-state index is 10.3. The molecule has 0 aliphatic carbocycles. The van der Waals surface area contributed by atoms with Gasteiger partial charge in [0.05, 0.1) is 7.11 Å². The van der Waals surface area contributed by atoms with Crippen molar-refractivity contribution in [2.24, 2.45) is 0 Å². The summed E-state index contributed by atoms with van der Waals surface area (Å²) in [7, 11) is 1.67. The zero-order valence-corrected chi connectivity index (χ0v) is 11.0. The first-order valence-corrected chi connectivity index (χ1v) is 6.61. The van der Waals surface area contributed by atoms with Crippen LogP contribution in [-0.4, -0.2) is 23.9 Å². The van der Waals surface area contributed by atoms with Gasteiger partial charge < -0.3 is 9.84 Å². The molecule has 1 aromatic carbocycles. The van der Waals surface area contributed by atoms with E-state index in [0.29, 0.717) is 0 Å². The number of ether oxygens (including phenoxy) is 1. The number of carboxylic acids is 1. The van der Waals surface area contributed by atoms with E-state index in [1.807, 2.05) is 13.0 Å². The van der Waals surface area contributed by atoms with Crippen LogP contribution in [0.15, 0.2) is 23.1 Å². The zero-order chi connectivity index (χ0) is 12.7. The van der Waals surface area contributed by atoms with Crippen molar-refractivity contribution in [3.05, 3.63) is 23.8 Å². The zero-order valence-electron chi connectivity index (χ0n) is 10.2. The molecular formula is C13H18O3S. The Balaban J connectivity index is 2.38. The van der Waals surface area contributed by atoms with Gasteiger partial charge in [-0.3, -0.25) is 4.79 Å². The Hall–Kier alpha value is -1.16. The summed E-state index contributed by atoms with van der Waals surface area (Å²) in [4.78, 5) is 11.5. The molecule has 0 fully saturated rings.